The summed E-state index contributed by atoms with van der Waals surface area (Å²) in [5, 5.41) is 0. The molecule has 0 bridgehead atoms. The summed E-state index contributed by atoms with van der Waals surface area (Å²) in [7, 11) is 0. The Kier molecular flexibility index (Phi) is 3.83. The maximum atomic E-state index is 12.0. The number of rotatable bonds is 1. The van der Waals surface area contributed by atoms with Crippen molar-refractivity contribution in [2.45, 2.75) is 58.8 Å². The Morgan fingerprint density at radius 1 is 1.12 bits per heavy atom. The van der Waals surface area contributed by atoms with Crippen LogP contribution in [0.4, 0.5) is 0 Å². The second-order valence-electron chi connectivity index (χ2n) is 5.80. The largest absolute Gasteiger partial charge is 0.295 e. The lowest BCUT2D eigenvalue weighted by Gasteiger charge is -2.24. The van der Waals surface area contributed by atoms with E-state index in [0.29, 0.717) is 23.5 Å². The standard InChI is InChI=1S/C15H24O/c1-11(2)15-13-9-7-5-3-4-6-8-12(13)10-14(15)16/h10-11,13,15H,3-9H2,1-2H3. The molecular weight excluding hydrogens is 196 g/mol. The quantitative estimate of drug-likeness (QED) is 0.649. The lowest BCUT2D eigenvalue weighted by molar-refractivity contribution is -0.119. The molecule has 1 heteroatoms. The summed E-state index contributed by atoms with van der Waals surface area (Å²) in [5.74, 6) is 1.81. The SMILES string of the molecule is CC(C)C1C(=O)C=C2CCCCCCCC21. The summed E-state index contributed by atoms with van der Waals surface area (Å²) < 4.78 is 0. The van der Waals surface area contributed by atoms with Crippen LogP contribution in [0.3, 0.4) is 0 Å². The van der Waals surface area contributed by atoms with E-state index >= 15 is 0 Å². The third-order valence-electron chi connectivity index (χ3n) is 4.26. The maximum absolute atomic E-state index is 12.0. The highest BCUT2D eigenvalue weighted by Crippen LogP contribution is 2.40. The lowest BCUT2D eigenvalue weighted by atomic mass is 9.79. The normalized spacial score (nSPS) is 31.7. The van der Waals surface area contributed by atoms with E-state index in [1.165, 1.54) is 50.5 Å². The lowest BCUT2D eigenvalue weighted by Crippen LogP contribution is -2.23. The summed E-state index contributed by atoms with van der Waals surface area (Å²) in [6, 6.07) is 0. The highest BCUT2D eigenvalue weighted by molar-refractivity contribution is 5.95. The van der Waals surface area contributed by atoms with Crippen LogP contribution in [0.25, 0.3) is 0 Å². The molecule has 16 heavy (non-hydrogen) atoms. The minimum atomic E-state index is 0.299. The number of hydrogen-bond acceptors (Lipinski definition) is 1. The van der Waals surface area contributed by atoms with Gasteiger partial charge < -0.3 is 0 Å². The van der Waals surface area contributed by atoms with E-state index in [9.17, 15) is 4.79 Å². The van der Waals surface area contributed by atoms with Crippen LogP contribution in [0.15, 0.2) is 11.6 Å². The van der Waals surface area contributed by atoms with Gasteiger partial charge in [-0.15, -0.1) is 0 Å². The van der Waals surface area contributed by atoms with Gasteiger partial charge in [0.15, 0.2) is 5.78 Å². The number of ketones is 1. The second kappa shape index (κ2) is 5.16. The fraction of sp³-hybridized carbons (Fsp3) is 0.800. The Labute approximate surface area is 99.3 Å². The topological polar surface area (TPSA) is 17.1 Å². The molecule has 1 fully saturated rings. The molecule has 2 aliphatic carbocycles. The highest BCUT2D eigenvalue weighted by Gasteiger charge is 2.37. The van der Waals surface area contributed by atoms with E-state index in [0.717, 1.165) is 0 Å². The van der Waals surface area contributed by atoms with Gasteiger partial charge in [-0.05, 0) is 37.2 Å². The molecule has 2 rings (SSSR count). The number of allylic oxidation sites excluding steroid dienone is 2. The van der Waals surface area contributed by atoms with Crippen LogP contribution in [-0.4, -0.2) is 5.78 Å². The third-order valence-corrected chi connectivity index (χ3v) is 4.26. The van der Waals surface area contributed by atoms with Gasteiger partial charge in [0.1, 0.15) is 0 Å². The smallest absolute Gasteiger partial charge is 0.159 e. The zero-order chi connectivity index (χ0) is 11.5. The predicted octanol–water partition coefficient (Wildman–Crippen LogP) is 4.13. The third kappa shape index (κ3) is 2.39. The van der Waals surface area contributed by atoms with Crippen LogP contribution < -0.4 is 0 Å². The minimum absolute atomic E-state index is 0.299. The Hall–Kier alpha value is -0.590. The van der Waals surface area contributed by atoms with Crippen molar-refractivity contribution in [1.82, 2.24) is 0 Å². The van der Waals surface area contributed by atoms with Crippen LogP contribution in [0.1, 0.15) is 58.8 Å². The molecule has 0 aromatic rings. The molecule has 0 N–H and O–H groups in total. The van der Waals surface area contributed by atoms with Gasteiger partial charge in [0.25, 0.3) is 0 Å². The van der Waals surface area contributed by atoms with E-state index < -0.39 is 0 Å². The van der Waals surface area contributed by atoms with Crippen molar-refractivity contribution >= 4 is 5.78 Å². The monoisotopic (exact) mass is 220 g/mol. The van der Waals surface area contributed by atoms with Gasteiger partial charge >= 0.3 is 0 Å². The Balaban J connectivity index is 2.14. The first kappa shape index (κ1) is 11.9. The molecule has 2 atom stereocenters. The van der Waals surface area contributed by atoms with Crippen molar-refractivity contribution in [2.24, 2.45) is 17.8 Å². The molecule has 0 radical (unpaired) electrons. The summed E-state index contributed by atoms with van der Waals surface area (Å²) in [5.41, 5.74) is 1.48. The second-order valence-corrected chi connectivity index (χ2v) is 5.80. The van der Waals surface area contributed by atoms with Gasteiger partial charge in [-0.2, -0.15) is 0 Å². The van der Waals surface area contributed by atoms with Crippen LogP contribution >= 0.6 is 0 Å². The van der Waals surface area contributed by atoms with Crippen molar-refractivity contribution in [1.29, 1.82) is 0 Å². The summed E-state index contributed by atoms with van der Waals surface area (Å²) in [6.45, 7) is 4.40. The minimum Gasteiger partial charge on any atom is -0.295 e. The number of fused-ring (bicyclic) bond motifs is 1. The van der Waals surface area contributed by atoms with Gasteiger partial charge in [-0.1, -0.05) is 45.1 Å². The summed E-state index contributed by atoms with van der Waals surface area (Å²) in [4.78, 5) is 12.0. The maximum Gasteiger partial charge on any atom is 0.159 e. The van der Waals surface area contributed by atoms with Crippen molar-refractivity contribution in [3.63, 3.8) is 0 Å². The van der Waals surface area contributed by atoms with E-state index in [2.05, 4.69) is 13.8 Å². The van der Waals surface area contributed by atoms with Gasteiger partial charge in [0.05, 0.1) is 0 Å². The molecule has 0 aromatic heterocycles. The van der Waals surface area contributed by atoms with Gasteiger partial charge in [-0.25, -0.2) is 0 Å². The molecule has 0 spiro atoms. The van der Waals surface area contributed by atoms with E-state index in [4.69, 9.17) is 0 Å². The zero-order valence-corrected chi connectivity index (χ0v) is 10.7. The Bertz CT molecular complexity index is 288. The fourth-order valence-corrected chi connectivity index (χ4v) is 3.45. The fourth-order valence-electron chi connectivity index (χ4n) is 3.45. The van der Waals surface area contributed by atoms with Crippen LogP contribution in [0, 0.1) is 17.8 Å². The first-order chi connectivity index (χ1) is 7.70. The van der Waals surface area contributed by atoms with Gasteiger partial charge in [0.2, 0.25) is 0 Å². The van der Waals surface area contributed by atoms with Crippen molar-refractivity contribution < 1.29 is 4.79 Å². The molecule has 2 unspecified atom stereocenters. The Morgan fingerprint density at radius 3 is 2.56 bits per heavy atom. The first-order valence-corrected chi connectivity index (χ1v) is 6.94. The molecule has 0 saturated heterocycles. The number of hydrogen-bond donors (Lipinski definition) is 0. The van der Waals surface area contributed by atoms with E-state index in [-0.39, 0.29) is 0 Å². The van der Waals surface area contributed by atoms with Gasteiger partial charge in [0, 0.05) is 5.92 Å². The zero-order valence-electron chi connectivity index (χ0n) is 10.7. The van der Waals surface area contributed by atoms with Crippen LogP contribution in [0.5, 0.6) is 0 Å². The summed E-state index contributed by atoms with van der Waals surface area (Å²) in [6.07, 6.45) is 11.1. The predicted molar refractivity (Wildman–Crippen MR) is 67.2 cm³/mol. The first-order valence-electron chi connectivity index (χ1n) is 6.94. The average Bonchev–Trinajstić information content (AvgIpc) is 2.56. The number of carbonyl (C=O) groups is 1. The Morgan fingerprint density at radius 2 is 1.81 bits per heavy atom. The molecule has 2 aliphatic rings. The number of carbonyl (C=O) groups excluding carboxylic acids is 1. The van der Waals surface area contributed by atoms with E-state index in [1.54, 1.807) is 0 Å². The van der Waals surface area contributed by atoms with Crippen LogP contribution in [0.2, 0.25) is 0 Å². The molecule has 1 nitrogen and oxygen atoms in total. The molecule has 0 aromatic carbocycles. The highest BCUT2D eigenvalue weighted by atomic mass is 16.1. The molecule has 1 saturated carbocycles. The van der Waals surface area contributed by atoms with Crippen molar-refractivity contribution in [3.8, 4) is 0 Å². The molecule has 0 aliphatic heterocycles. The van der Waals surface area contributed by atoms with E-state index in [1.807, 2.05) is 6.08 Å². The molecule has 0 heterocycles. The van der Waals surface area contributed by atoms with Crippen molar-refractivity contribution in [2.75, 3.05) is 0 Å². The van der Waals surface area contributed by atoms with Gasteiger partial charge in [-0.3, -0.25) is 4.79 Å². The van der Waals surface area contributed by atoms with Crippen LogP contribution in [-0.2, 0) is 4.79 Å². The molecule has 0 amide bonds. The van der Waals surface area contributed by atoms with Crippen molar-refractivity contribution in [3.05, 3.63) is 11.6 Å². The summed E-state index contributed by atoms with van der Waals surface area (Å²) >= 11 is 0. The molecular formula is C15H24O. The average molecular weight is 220 g/mol. The molecule has 90 valence electrons.